The van der Waals surface area contributed by atoms with Gasteiger partial charge in [-0.2, -0.15) is 0 Å². The van der Waals surface area contributed by atoms with Gasteiger partial charge >= 0.3 is 5.97 Å². The molecule has 0 bridgehead atoms. The zero-order valence-electron chi connectivity index (χ0n) is 11.0. The van der Waals surface area contributed by atoms with E-state index in [0.29, 0.717) is 21.3 Å². The summed E-state index contributed by atoms with van der Waals surface area (Å²) in [6.07, 6.45) is 10.9. The van der Waals surface area contributed by atoms with E-state index in [1.165, 1.54) is 44.9 Å². The predicted molar refractivity (Wildman–Crippen MR) is 75.6 cm³/mol. The summed E-state index contributed by atoms with van der Waals surface area (Å²) in [4.78, 5) is 15.5. The summed E-state index contributed by atoms with van der Waals surface area (Å²) >= 11 is 1.70. The molecule has 0 saturated heterocycles. The van der Waals surface area contributed by atoms with Crippen LogP contribution in [0.15, 0.2) is 23.4 Å². The molecule has 2 fully saturated rings. The van der Waals surface area contributed by atoms with E-state index in [4.69, 9.17) is 0 Å². The second kappa shape index (κ2) is 5.16. The second-order valence-corrected chi connectivity index (χ2v) is 6.92. The summed E-state index contributed by atoms with van der Waals surface area (Å²) in [5.74, 6) is -0.868. The first-order valence-corrected chi connectivity index (χ1v) is 7.94. The molecule has 1 aromatic heterocycles. The highest BCUT2D eigenvalue weighted by Gasteiger charge is 2.47. The van der Waals surface area contributed by atoms with Crippen LogP contribution in [0.3, 0.4) is 0 Å². The number of hydrogen-bond acceptors (Lipinski definition) is 3. The van der Waals surface area contributed by atoms with Crippen molar-refractivity contribution in [1.82, 2.24) is 4.98 Å². The van der Waals surface area contributed by atoms with Crippen molar-refractivity contribution in [2.45, 2.75) is 55.2 Å². The minimum atomic E-state index is -0.868. The van der Waals surface area contributed by atoms with Crippen molar-refractivity contribution in [3.05, 3.63) is 23.9 Å². The summed E-state index contributed by atoms with van der Waals surface area (Å²) in [6.45, 7) is 0. The molecule has 0 amide bonds. The van der Waals surface area contributed by atoms with Gasteiger partial charge in [0, 0.05) is 11.4 Å². The molecular weight excluding hydrogens is 258 g/mol. The Hall–Kier alpha value is -1.03. The van der Waals surface area contributed by atoms with Crippen LogP contribution in [0.25, 0.3) is 0 Å². The molecule has 3 rings (SSSR count). The average molecular weight is 277 g/mol. The monoisotopic (exact) mass is 277 g/mol. The lowest BCUT2D eigenvalue weighted by Gasteiger charge is -2.51. The molecule has 3 nitrogen and oxygen atoms in total. The van der Waals surface area contributed by atoms with Crippen molar-refractivity contribution in [2.24, 2.45) is 5.41 Å². The molecule has 4 heteroatoms. The number of hydrogen-bond donors (Lipinski definition) is 1. The normalized spacial score (nSPS) is 24.9. The number of carbonyl (C=O) groups is 1. The van der Waals surface area contributed by atoms with Gasteiger partial charge in [0.25, 0.3) is 0 Å². The number of rotatable bonds is 3. The topological polar surface area (TPSA) is 50.2 Å². The molecule has 1 unspecified atom stereocenters. The molecule has 2 saturated carbocycles. The fourth-order valence-electron chi connectivity index (χ4n) is 3.46. The van der Waals surface area contributed by atoms with E-state index in [2.05, 4.69) is 4.98 Å². The second-order valence-electron chi connectivity index (χ2n) is 5.73. The van der Waals surface area contributed by atoms with Gasteiger partial charge in [-0.05, 0) is 43.2 Å². The SMILES string of the molecule is O=C(O)c1cccnc1SC1CCC12CCCCC2. The predicted octanol–water partition coefficient (Wildman–Crippen LogP) is 3.98. The van der Waals surface area contributed by atoms with E-state index in [0.717, 1.165) is 0 Å². The zero-order chi connectivity index (χ0) is 13.3. The van der Waals surface area contributed by atoms with E-state index in [-0.39, 0.29) is 0 Å². The molecule has 19 heavy (non-hydrogen) atoms. The number of carboxylic acids is 1. The van der Waals surface area contributed by atoms with Crippen LogP contribution in [-0.4, -0.2) is 21.3 Å². The highest BCUT2D eigenvalue weighted by atomic mass is 32.2. The zero-order valence-corrected chi connectivity index (χ0v) is 11.8. The Morgan fingerprint density at radius 3 is 2.74 bits per heavy atom. The number of nitrogens with zero attached hydrogens (tertiary/aromatic N) is 1. The van der Waals surface area contributed by atoms with Crippen molar-refractivity contribution < 1.29 is 9.90 Å². The standard InChI is InChI=1S/C15H19NO2S/c17-14(18)11-5-4-10-16-13(11)19-12-6-9-15(12)7-2-1-3-8-15/h4-5,10,12H,1-3,6-9H2,(H,17,18). The van der Waals surface area contributed by atoms with Gasteiger partial charge in [-0.1, -0.05) is 19.3 Å². The van der Waals surface area contributed by atoms with Crippen LogP contribution in [0.4, 0.5) is 0 Å². The molecule has 0 radical (unpaired) electrons. The van der Waals surface area contributed by atoms with Gasteiger partial charge in [0.2, 0.25) is 0 Å². The van der Waals surface area contributed by atoms with Crippen molar-refractivity contribution in [3.8, 4) is 0 Å². The van der Waals surface area contributed by atoms with Crippen molar-refractivity contribution in [3.63, 3.8) is 0 Å². The molecule has 1 spiro atoms. The smallest absolute Gasteiger partial charge is 0.338 e. The van der Waals surface area contributed by atoms with Crippen molar-refractivity contribution in [1.29, 1.82) is 0 Å². The fraction of sp³-hybridized carbons (Fsp3) is 0.600. The maximum absolute atomic E-state index is 11.2. The van der Waals surface area contributed by atoms with Crippen LogP contribution in [0.1, 0.15) is 55.3 Å². The highest BCUT2D eigenvalue weighted by molar-refractivity contribution is 8.00. The molecule has 2 aliphatic rings. The van der Waals surface area contributed by atoms with Crippen LogP contribution >= 0.6 is 11.8 Å². The Balaban J connectivity index is 1.77. The van der Waals surface area contributed by atoms with Gasteiger partial charge in [0.15, 0.2) is 0 Å². The van der Waals surface area contributed by atoms with Gasteiger partial charge in [-0.25, -0.2) is 9.78 Å². The minimum Gasteiger partial charge on any atom is -0.478 e. The Morgan fingerprint density at radius 1 is 1.32 bits per heavy atom. The van der Waals surface area contributed by atoms with Crippen LogP contribution < -0.4 is 0 Å². The van der Waals surface area contributed by atoms with Crippen LogP contribution in [-0.2, 0) is 0 Å². The Bertz CT molecular complexity index is 483. The van der Waals surface area contributed by atoms with E-state index < -0.39 is 5.97 Å². The minimum absolute atomic E-state index is 0.352. The Morgan fingerprint density at radius 2 is 2.11 bits per heavy atom. The molecular formula is C15H19NO2S. The van der Waals surface area contributed by atoms with E-state index in [1.807, 2.05) is 0 Å². The first-order chi connectivity index (χ1) is 9.21. The van der Waals surface area contributed by atoms with Crippen LogP contribution in [0.5, 0.6) is 0 Å². The maximum Gasteiger partial charge on any atom is 0.338 e. The van der Waals surface area contributed by atoms with E-state index in [1.54, 1.807) is 30.1 Å². The quantitative estimate of drug-likeness (QED) is 0.907. The van der Waals surface area contributed by atoms with E-state index in [9.17, 15) is 9.90 Å². The molecule has 1 atom stereocenters. The van der Waals surface area contributed by atoms with E-state index >= 15 is 0 Å². The lowest BCUT2D eigenvalue weighted by atomic mass is 9.60. The molecule has 0 aromatic carbocycles. The molecule has 1 aromatic rings. The molecule has 102 valence electrons. The number of pyridine rings is 1. The molecule has 1 heterocycles. The number of carboxylic acid groups (broad SMARTS) is 1. The first kappa shape index (κ1) is 13.0. The summed E-state index contributed by atoms with van der Waals surface area (Å²) in [5.41, 5.74) is 0.835. The number of thioether (sulfide) groups is 1. The fourth-order valence-corrected chi connectivity index (χ4v) is 4.98. The van der Waals surface area contributed by atoms with Gasteiger partial charge in [-0.15, -0.1) is 11.8 Å². The first-order valence-electron chi connectivity index (χ1n) is 7.06. The third-order valence-corrected chi connectivity index (χ3v) is 6.26. The molecule has 0 aliphatic heterocycles. The van der Waals surface area contributed by atoms with Gasteiger partial charge in [-0.3, -0.25) is 0 Å². The van der Waals surface area contributed by atoms with Crippen LogP contribution in [0.2, 0.25) is 0 Å². The highest BCUT2D eigenvalue weighted by Crippen LogP contribution is 2.57. The lowest BCUT2D eigenvalue weighted by molar-refractivity contribution is 0.0691. The molecule has 1 N–H and O–H groups in total. The van der Waals surface area contributed by atoms with Crippen LogP contribution in [0, 0.1) is 5.41 Å². The van der Waals surface area contributed by atoms with Gasteiger partial charge in [0.1, 0.15) is 5.03 Å². The third kappa shape index (κ3) is 2.38. The summed E-state index contributed by atoms with van der Waals surface area (Å²) in [5, 5.41) is 10.5. The number of aromatic carboxylic acids is 1. The van der Waals surface area contributed by atoms with Crippen molar-refractivity contribution in [2.75, 3.05) is 0 Å². The average Bonchev–Trinajstić information content (AvgIpc) is 2.45. The summed E-state index contributed by atoms with van der Waals surface area (Å²) in [6, 6.07) is 3.36. The Kier molecular flexibility index (Phi) is 3.52. The molecule has 2 aliphatic carbocycles. The largest absolute Gasteiger partial charge is 0.478 e. The maximum atomic E-state index is 11.2. The summed E-state index contributed by atoms with van der Waals surface area (Å²) < 4.78 is 0. The van der Waals surface area contributed by atoms with Gasteiger partial charge < -0.3 is 5.11 Å². The van der Waals surface area contributed by atoms with Crippen molar-refractivity contribution >= 4 is 17.7 Å². The summed E-state index contributed by atoms with van der Waals surface area (Å²) in [7, 11) is 0. The lowest BCUT2D eigenvalue weighted by Crippen LogP contribution is -2.44. The Labute approximate surface area is 117 Å². The third-order valence-electron chi connectivity index (χ3n) is 4.69. The number of aromatic nitrogens is 1. The van der Waals surface area contributed by atoms with Gasteiger partial charge in [0.05, 0.1) is 5.56 Å².